The molecule has 0 saturated carbocycles. The first-order chi connectivity index (χ1) is 18.5. The predicted octanol–water partition coefficient (Wildman–Crippen LogP) is 1.90. The van der Waals surface area contributed by atoms with Crippen LogP contribution in [0.2, 0.25) is 0 Å². The molecular formula is C25H23IN8O4. The Bertz CT molecular complexity index is 1580. The molecular weight excluding hydrogens is 603 g/mol. The molecule has 0 aliphatic carbocycles. The van der Waals surface area contributed by atoms with Crippen molar-refractivity contribution < 1.29 is 20.1 Å². The summed E-state index contributed by atoms with van der Waals surface area (Å²) in [6.45, 7) is 0.0509. The van der Waals surface area contributed by atoms with Crippen LogP contribution in [0.15, 0.2) is 67.4 Å². The Labute approximate surface area is 230 Å². The van der Waals surface area contributed by atoms with Crippen LogP contribution in [0.25, 0.3) is 28.4 Å². The molecule has 4 atom stereocenters. The quantitative estimate of drug-likeness (QED) is 0.197. The Morgan fingerprint density at radius 3 is 2.71 bits per heavy atom. The number of nitrogens with one attached hydrogen (secondary N) is 1. The molecule has 0 bridgehead atoms. The van der Waals surface area contributed by atoms with Gasteiger partial charge in [0.1, 0.15) is 18.3 Å². The van der Waals surface area contributed by atoms with E-state index in [1.807, 2.05) is 36.4 Å². The molecule has 1 aromatic carbocycles. The van der Waals surface area contributed by atoms with Crippen LogP contribution in [0.1, 0.15) is 11.8 Å². The zero-order valence-electron chi connectivity index (χ0n) is 19.8. The van der Waals surface area contributed by atoms with Gasteiger partial charge in [0.2, 0.25) is 0 Å². The molecule has 5 heterocycles. The van der Waals surface area contributed by atoms with Gasteiger partial charge in [-0.2, -0.15) is 15.1 Å². The zero-order valence-corrected chi connectivity index (χ0v) is 22.0. The molecule has 1 fully saturated rings. The number of hydrogen-bond donors (Lipinski definition) is 4. The molecule has 1 unspecified atom stereocenters. The standard InChI is InChI=1S/C25H23IN8O4/c26-16-5-3-4-14(8-16)9-28-22-19-23(33(13-29-19)24-21(37)20(36)18(12-35)38-24)32-25(31-22)34-11-15(10-30-34)17-6-1-2-7-27-17/h1-8,10-11,13,18,20-21,24,35-37H,9,12H2,(H,28,31,32)/t18-,20-,21-,24?/m1/s1. The fourth-order valence-corrected chi connectivity index (χ4v) is 4.97. The summed E-state index contributed by atoms with van der Waals surface area (Å²) in [4.78, 5) is 18.3. The van der Waals surface area contributed by atoms with Gasteiger partial charge in [-0.3, -0.25) is 9.55 Å². The Morgan fingerprint density at radius 1 is 1.05 bits per heavy atom. The topological polar surface area (TPSA) is 156 Å². The lowest BCUT2D eigenvalue weighted by atomic mass is 10.1. The minimum atomic E-state index is -1.29. The van der Waals surface area contributed by atoms with Crippen LogP contribution >= 0.6 is 22.6 Å². The number of anilines is 1. The number of aliphatic hydroxyl groups is 3. The molecule has 0 spiro atoms. The summed E-state index contributed by atoms with van der Waals surface area (Å²) < 4.78 is 9.92. The van der Waals surface area contributed by atoms with Gasteiger partial charge < -0.3 is 25.4 Å². The summed E-state index contributed by atoms with van der Waals surface area (Å²) in [6.07, 6.45) is 2.17. The average molecular weight is 626 g/mol. The number of ether oxygens (including phenoxy) is 1. The predicted molar refractivity (Wildman–Crippen MR) is 145 cm³/mol. The van der Waals surface area contributed by atoms with E-state index in [0.29, 0.717) is 23.5 Å². The smallest absolute Gasteiger partial charge is 0.254 e. The summed E-state index contributed by atoms with van der Waals surface area (Å²) in [5, 5.41) is 38.3. The number of hydrogen-bond acceptors (Lipinski definition) is 10. The van der Waals surface area contributed by atoms with Crippen LogP contribution in [0.3, 0.4) is 0 Å². The Hall–Kier alpha value is -3.50. The normalized spacial score (nSPS) is 21.3. The number of benzene rings is 1. The van der Waals surface area contributed by atoms with E-state index in [1.54, 1.807) is 18.6 Å². The van der Waals surface area contributed by atoms with E-state index in [2.05, 4.69) is 49.0 Å². The molecule has 0 amide bonds. The first-order valence-electron chi connectivity index (χ1n) is 11.8. The first kappa shape index (κ1) is 24.8. The number of halogens is 1. The maximum atomic E-state index is 10.6. The Balaban J connectivity index is 1.42. The van der Waals surface area contributed by atoms with Gasteiger partial charge in [0.05, 0.1) is 24.8 Å². The lowest BCUT2D eigenvalue weighted by molar-refractivity contribution is -0.0511. The lowest BCUT2D eigenvalue weighted by Crippen LogP contribution is -2.33. The third kappa shape index (κ3) is 4.63. The van der Waals surface area contributed by atoms with Crippen LogP contribution < -0.4 is 5.32 Å². The van der Waals surface area contributed by atoms with Crippen LogP contribution in [0.4, 0.5) is 5.82 Å². The van der Waals surface area contributed by atoms with Crippen molar-refractivity contribution in [2.75, 3.05) is 11.9 Å². The number of imidazole rings is 1. The summed E-state index contributed by atoms with van der Waals surface area (Å²) >= 11 is 2.27. The molecule has 6 rings (SSSR count). The molecule has 12 nitrogen and oxygen atoms in total. The van der Waals surface area contributed by atoms with Gasteiger partial charge in [0.15, 0.2) is 23.2 Å². The molecule has 13 heteroatoms. The molecule has 194 valence electrons. The van der Waals surface area contributed by atoms with Gasteiger partial charge in [-0.1, -0.05) is 18.2 Å². The third-order valence-corrected chi connectivity index (χ3v) is 6.97. The lowest BCUT2D eigenvalue weighted by Gasteiger charge is -2.17. The first-order valence-corrected chi connectivity index (χ1v) is 12.9. The monoisotopic (exact) mass is 626 g/mol. The van der Waals surface area contributed by atoms with Crippen molar-refractivity contribution in [1.29, 1.82) is 0 Å². The number of rotatable bonds is 7. The van der Waals surface area contributed by atoms with Crippen molar-refractivity contribution >= 4 is 39.6 Å². The van der Waals surface area contributed by atoms with Crippen LogP contribution in [0, 0.1) is 3.57 Å². The van der Waals surface area contributed by atoms with Gasteiger partial charge in [0.25, 0.3) is 5.95 Å². The number of aliphatic hydroxyl groups excluding tert-OH is 3. The largest absolute Gasteiger partial charge is 0.394 e. The van der Waals surface area contributed by atoms with E-state index in [-0.39, 0.29) is 5.95 Å². The molecule has 0 radical (unpaired) electrons. The molecule has 38 heavy (non-hydrogen) atoms. The van der Waals surface area contributed by atoms with Crippen molar-refractivity contribution in [1.82, 2.24) is 34.3 Å². The summed E-state index contributed by atoms with van der Waals surface area (Å²) in [7, 11) is 0. The van der Waals surface area contributed by atoms with Crippen LogP contribution in [-0.4, -0.2) is 74.5 Å². The Kier molecular flexibility index (Phi) is 6.75. The molecule has 1 saturated heterocycles. The van der Waals surface area contributed by atoms with Crippen molar-refractivity contribution in [3.8, 4) is 17.2 Å². The zero-order chi connectivity index (χ0) is 26.2. The molecule has 4 N–H and O–H groups in total. The van der Waals surface area contributed by atoms with Crippen LogP contribution in [0.5, 0.6) is 0 Å². The number of pyridine rings is 1. The van der Waals surface area contributed by atoms with E-state index in [4.69, 9.17) is 14.7 Å². The molecule has 4 aromatic heterocycles. The van der Waals surface area contributed by atoms with E-state index >= 15 is 0 Å². The second-order valence-corrected chi connectivity index (χ2v) is 10.0. The number of nitrogens with zero attached hydrogens (tertiary/aromatic N) is 7. The fourth-order valence-electron chi connectivity index (χ4n) is 4.36. The van der Waals surface area contributed by atoms with Gasteiger partial charge in [0, 0.05) is 28.1 Å². The highest BCUT2D eigenvalue weighted by molar-refractivity contribution is 14.1. The van der Waals surface area contributed by atoms with Crippen molar-refractivity contribution in [3.05, 3.63) is 76.5 Å². The molecule has 1 aliphatic rings. The SMILES string of the molecule is OC[C@H]1OC(n2cnc3c(NCc4cccc(I)c4)nc(-n4cc(-c5ccccn5)cn4)nc32)[C@H](O)[C@@H]1O. The highest BCUT2D eigenvalue weighted by Crippen LogP contribution is 2.33. The van der Waals surface area contributed by atoms with Crippen molar-refractivity contribution in [2.45, 2.75) is 31.1 Å². The van der Waals surface area contributed by atoms with Gasteiger partial charge in [-0.05, 0) is 52.4 Å². The maximum Gasteiger partial charge on any atom is 0.254 e. The van der Waals surface area contributed by atoms with E-state index in [0.717, 1.165) is 20.4 Å². The average Bonchev–Trinajstić information content (AvgIpc) is 3.66. The maximum absolute atomic E-state index is 10.6. The summed E-state index contributed by atoms with van der Waals surface area (Å²) in [6, 6.07) is 13.7. The second kappa shape index (κ2) is 10.3. The summed E-state index contributed by atoms with van der Waals surface area (Å²) in [5.41, 5.74) is 3.43. The van der Waals surface area contributed by atoms with E-state index < -0.39 is 31.1 Å². The van der Waals surface area contributed by atoms with Crippen molar-refractivity contribution in [3.63, 3.8) is 0 Å². The molecule has 5 aromatic rings. The minimum absolute atomic E-state index is 0.262. The highest BCUT2D eigenvalue weighted by Gasteiger charge is 2.44. The van der Waals surface area contributed by atoms with E-state index in [1.165, 1.54) is 15.6 Å². The second-order valence-electron chi connectivity index (χ2n) is 8.80. The minimum Gasteiger partial charge on any atom is -0.394 e. The summed E-state index contributed by atoms with van der Waals surface area (Å²) in [5.74, 6) is 0.725. The molecule has 1 aliphatic heterocycles. The number of fused-ring (bicyclic) bond motifs is 1. The van der Waals surface area contributed by atoms with Crippen molar-refractivity contribution in [2.24, 2.45) is 0 Å². The van der Waals surface area contributed by atoms with Crippen LogP contribution in [-0.2, 0) is 11.3 Å². The third-order valence-electron chi connectivity index (χ3n) is 6.30. The fraction of sp³-hybridized carbons (Fsp3) is 0.240. The van der Waals surface area contributed by atoms with Gasteiger partial charge in [-0.15, -0.1) is 0 Å². The van der Waals surface area contributed by atoms with Gasteiger partial charge in [-0.25, -0.2) is 9.67 Å². The van der Waals surface area contributed by atoms with E-state index in [9.17, 15) is 15.3 Å². The number of aromatic nitrogens is 7. The van der Waals surface area contributed by atoms with Gasteiger partial charge >= 0.3 is 0 Å². The Morgan fingerprint density at radius 2 is 1.95 bits per heavy atom. The highest BCUT2D eigenvalue weighted by atomic mass is 127.